The Morgan fingerprint density at radius 1 is 0.966 bits per heavy atom. The van der Waals surface area contributed by atoms with Crippen LogP contribution < -0.4 is 10.3 Å². The summed E-state index contributed by atoms with van der Waals surface area (Å²) < 4.78 is 18.7. The van der Waals surface area contributed by atoms with E-state index < -0.39 is 16.1 Å². The SMILES string of the molecule is Cc1cc(OCOCC[Si](C)(C)C)c2ncn(COCC[Si](C)(C)C)c(=O)c2c1. The molecule has 0 aliphatic rings. The Bertz CT molecular complexity index is 870. The predicted octanol–water partition coefficient (Wildman–Crippen LogP) is 4.71. The number of aromatic nitrogens is 2. The maximum Gasteiger partial charge on any atom is 0.263 e. The van der Waals surface area contributed by atoms with E-state index in [0.717, 1.165) is 17.7 Å². The Hall–Kier alpha value is -1.49. The zero-order valence-electron chi connectivity index (χ0n) is 19.0. The first-order chi connectivity index (χ1) is 13.5. The van der Waals surface area contributed by atoms with Gasteiger partial charge in [-0.1, -0.05) is 39.3 Å². The Morgan fingerprint density at radius 3 is 2.21 bits per heavy atom. The molecule has 0 saturated carbocycles. The second kappa shape index (κ2) is 10.0. The van der Waals surface area contributed by atoms with E-state index in [1.54, 1.807) is 0 Å². The van der Waals surface area contributed by atoms with E-state index in [1.807, 2.05) is 19.1 Å². The predicted molar refractivity (Wildman–Crippen MR) is 124 cm³/mol. The van der Waals surface area contributed by atoms with Gasteiger partial charge in [-0.25, -0.2) is 4.98 Å². The summed E-state index contributed by atoms with van der Waals surface area (Å²) in [6.45, 7) is 17.5. The molecule has 0 aliphatic heterocycles. The quantitative estimate of drug-likeness (QED) is 0.290. The average molecular weight is 437 g/mol. The van der Waals surface area contributed by atoms with Crippen LogP contribution in [0.1, 0.15) is 5.56 Å². The molecule has 0 unspecified atom stereocenters. The van der Waals surface area contributed by atoms with E-state index in [2.05, 4.69) is 44.3 Å². The molecule has 0 fully saturated rings. The van der Waals surface area contributed by atoms with Crippen LogP contribution in [0.15, 0.2) is 23.3 Å². The van der Waals surface area contributed by atoms with Gasteiger partial charge in [0.15, 0.2) is 6.79 Å². The fourth-order valence-corrected chi connectivity index (χ4v) is 4.18. The zero-order valence-corrected chi connectivity index (χ0v) is 21.0. The Morgan fingerprint density at radius 2 is 1.59 bits per heavy atom. The molecule has 0 N–H and O–H groups in total. The van der Waals surface area contributed by atoms with Gasteiger partial charge in [0.1, 0.15) is 24.3 Å². The van der Waals surface area contributed by atoms with E-state index in [4.69, 9.17) is 14.2 Å². The van der Waals surface area contributed by atoms with Gasteiger partial charge in [0, 0.05) is 29.4 Å². The van der Waals surface area contributed by atoms with Crippen molar-refractivity contribution in [1.29, 1.82) is 0 Å². The third kappa shape index (κ3) is 8.04. The second-order valence-corrected chi connectivity index (χ2v) is 21.3. The molecule has 0 radical (unpaired) electrons. The normalized spacial score (nSPS) is 12.5. The van der Waals surface area contributed by atoms with Crippen molar-refractivity contribution in [3.8, 4) is 5.75 Å². The topological polar surface area (TPSA) is 62.6 Å². The van der Waals surface area contributed by atoms with Crippen molar-refractivity contribution in [2.45, 2.75) is 65.0 Å². The van der Waals surface area contributed by atoms with Crippen LogP contribution in [0.25, 0.3) is 10.9 Å². The van der Waals surface area contributed by atoms with Crippen molar-refractivity contribution in [3.63, 3.8) is 0 Å². The molecule has 29 heavy (non-hydrogen) atoms. The molecule has 0 amide bonds. The summed E-state index contributed by atoms with van der Waals surface area (Å²) in [7, 11) is -2.28. The van der Waals surface area contributed by atoms with Crippen molar-refractivity contribution in [3.05, 3.63) is 34.4 Å². The highest BCUT2D eigenvalue weighted by atomic mass is 28.3. The van der Waals surface area contributed by atoms with Crippen LogP contribution in [0.4, 0.5) is 0 Å². The largest absolute Gasteiger partial charge is 0.465 e. The summed E-state index contributed by atoms with van der Waals surface area (Å²) in [6.07, 6.45) is 1.54. The van der Waals surface area contributed by atoms with Gasteiger partial charge >= 0.3 is 0 Å². The number of aryl methyl sites for hydroxylation is 1. The van der Waals surface area contributed by atoms with E-state index in [-0.39, 0.29) is 19.1 Å². The highest BCUT2D eigenvalue weighted by Crippen LogP contribution is 2.23. The molecule has 1 heterocycles. The van der Waals surface area contributed by atoms with E-state index >= 15 is 0 Å². The minimum atomic E-state index is -1.15. The molecule has 2 aromatic rings. The van der Waals surface area contributed by atoms with Gasteiger partial charge in [-0.2, -0.15) is 0 Å². The number of ether oxygens (including phenoxy) is 3. The summed E-state index contributed by atoms with van der Waals surface area (Å²) in [5.74, 6) is 0.580. The molecular weight excluding hydrogens is 400 g/mol. The summed E-state index contributed by atoms with van der Waals surface area (Å²) in [5, 5.41) is 0.540. The molecular formula is C21H36N2O4Si2. The molecule has 0 atom stereocenters. The van der Waals surface area contributed by atoms with Crippen LogP contribution in [0.2, 0.25) is 51.4 Å². The molecule has 0 bridgehead atoms. The van der Waals surface area contributed by atoms with Gasteiger partial charge in [0.2, 0.25) is 0 Å². The molecule has 0 spiro atoms. The number of hydrogen-bond donors (Lipinski definition) is 0. The lowest BCUT2D eigenvalue weighted by atomic mass is 10.1. The molecule has 2 rings (SSSR count). The first-order valence-corrected chi connectivity index (χ1v) is 17.7. The first kappa shape index (κ1) is 23.8. The maximum atomic E-state index is 12.9. The minimum Gasteiger partial charge on any atom is -0.465 e. The van der Waals surface area contributed by atoms with Gasteiger partial charge in [-0.05, 0) is 36.7 Å². The lowest BCUT2D eigenvalue weighted by Gasteiger charge is -2.16. The molecule has 1 aromatic carbocycles. The average Bonchev–Trinajstić information content (AvgIpc) is 2.58. The van der Waals surface area contributed by atoms with Crippen LogP contribution in [-0.4, -0.2) is 45.7 Å². The molecule has 162 valence electrons. The van der Waals surface area contributed by atoms with Gasteiger partial charge in [-0.3, -0.25) is 9.36 Å². The van der Waals surface area contributed by atoms with Gasteiger partial charge in [-0.15, -0.1) is 0 Å². The Kier molecular flexibility index (Phi) is 8.22. The van der Waals surface area contributed by atoms with Crippen LogP contribution in [0.3, 0.4) is 0 Å². The monoisotopic (exact) mass is 436 g/mol. The summed E-state index contributed by atoms with van der Waals surface area (Å²) in [5.41, 5.74) is 1.40. The van der Waals surface area contributed by atoms with Gasteiger partial charge < -0.3 is 14.2 Å². The fourth-order valence-electron chi connectivity index (χ4n) is 2.66. The summed E-state index contributed by atoms with van der Waals surface area (Å²) in [6, 6.07) is 5.90. The van der Waals surface area contributed by atoms with Gasteiger partial charge in [0.05, 0.1) is 5.39 Å². The smallest absolute Gasteiger partial charge is 0.263 e. The second-order valence-electron chi connectivity index (χ2n) is 10.0. The number of rotatable bonds is 11. The van der Waals surface area contributed by atoms with Crippen LogP contribution in [0, 0.1) is 6.92 Å². The number of nitrogens with zero attached hydrogens (tertiary/aromatic N) is 2. The standard InChI is InChI=1S/C21H36N2O4Si2/c1-17-12-18-20(19(13-17)27-16-26-9-11-29(5,6)7)22-14-23(21(18)24)15-25-8-10-28(2,3)4/h12-14H,8-11,15-16H2,1-7H3. The van der Waals surface area contributed by atoms with Crippen LogP contribution >= 0.6 is 0 Å². The van der Waals surface area contributed by atoms with Crippen molar-refractivity contribution >= 4 is 27.1 Å². The first-order valence-electron chi connectivity index (χ1n) is 10.2. The van der Waals surface area contributed by atoms with Crippen molar-refractivity contribution in [2.24, 2.45) is 0 Å². The molecule has 1 aromatic heterocycles. The molecule has 6 nitrogen and oxygen atoms in total. The fraction of sp³-hybridized carbons (Fsp3) is 0.619. The van der Waals surface area contributed by atoms with E-state index in [0.29, 0.717) is 29.9 Å². The molecule has 0 aliphatic carbocycles. The maximum absolute atomic E-state index is 12.9. The van der Waals surface area contributed by atoms with E-state index in [9.17, 15) is 4.79 Å². The number of fused-ring (bicyclic) bond motifs is 1. The molecule has 8 heteroatoms. The van der Waals surface area contributed by atoms with Crippen molar-refractivity contribution in [1.82, 2.24) is 9.55 Å². The lowest BCUT2D eigenvalue weighted by Crippen LogP contribution is -2.25. The number of hydrogen-bond acceptors (Lipinski definition) is 5. The van der Waals surface area contributed by atoms with Crippen molar-refractivity contribution < 1.29 is 14.2 Å². The lowest BCUT2D eigenvalue weighted by molar-refractivity contribution is 0.0228. The summed E-state index contributed by atoms with van der Waals surface area (Å²) in [4.78, 5) is 17.3. The highest BCUT2D eigenvalue weighted by Gasteiger charge is 2.14. The summed E-state index contributed by atoms with van der Waals surface area (Å²) >= 11 is 0. The van der Waals surface area contributed by atoms with Crippen LogP contribution in [-0.2, 0) is 16.2 Å². The van der Waals surface area contributed by atoms with E-state index in [1.165, 1.54) is 10.9 Å². The minimum absolute atomic E-state index is 0.115. The third-order valence-corrected chi connectivity index (χ3v) is 7.97. The molecule has 0 saturated heterocycles. The van der Waals surface area contributed by atoms with Crippen LogP contribution in [0.5, 0.6) is 5.75 Å². The van der Waals surface area contributed by atoms with Gasteiger partial charge in [0.25, 0.3) is 5.56 Å². The van der Waals surface area contributed by atoms with Crippen molar-refractivity contribution in [2.75, 3.05) is 20.0 Å². The Labute approximate surface area is 176 Å². The third-order valence-electron chi connectivity index (χ3n) is 4.56. The highest BCUT2D eigenvalue weighted by molar-refractivity contribution is 6.76. The zero-order chi connectivity index (χ0) is 21.7. The number of benzene rings is 1. The Balaban J connectivity index is 2.06.